The third-order valence-electron chi connectivity index (χ3n) is 1.85. The van der Waals surface area contributed by atoms with E-state index in [1.165, 1.54) is 0 Å². The zero-order chi connectivity index (χ0) is 11.0. The van der Waals surface area contributed by atoms with Crippen LogP contribution in [0.4, 0.5) is 0 Å². The van der Waals surface area contributed by atoms with Gasteiger partial charge in [0.1, 0.15) is 6.04 Å². The SMILES string of the molecule is CCCC(NC(=O)CCN)C(=O)NC. The molecule has 14 heavy (non-hydrogen) atoms. The third-order valence-corrected chi connectivity index (χ3v) is 1.85. The molecule has 5 nitrogen and oxygen atoms in total. The highest BCUT2D eigenvalue weighted by Gasteiger charge is 2.17. The number of hydrogen-bond donors (Lipinski definition) is 3. The van der Waals surface area contributed by atoms with Crippen molar-refractivity contribution in [3.05, 3.63) is 0 Å². The molecule has 0 radical (unpaired) electrons. The lowest BCUT2D eigenvalue weighted by atomic mass is 10.1. The van der Waals surface area contributed by atoms with E-state index in [2.05, 4.69) is 10.6 Å². The maximum atomic E-state index is 11.3. The van der Waals surface area contributed by atoms with Crippen molar-refractivity contribution >= 4 is 11.8 Å². The van der Waals surface area contributed by atoms with Crippen molar-refractivity contribution in [1.82, 2.24) is 10.6 Å². The van der Waals surface area contributed by atoms with Gasteiger partial charge in [0.2, 0.25) is 11.8 Å². The quantitative estimate of drug-likeness (QED) is 0.535. The number of likely N-dealkylation sites (N-methyl/N-ethyl adjacent to an activating group) is 1. The second-order valence-electron chi connectivity index (χ2n) is 3.06. The van der Waals surface area contributed by atoms with E-state index < -0.39 is 6.04 Å². The molecule has 2 amide bonds. The predicted octanol–water partition coefficient (Wildman–Crippen LogP) is -0.634. The van der Waals surface area contributed by atoms with E-state index in [0.29, 0.717) is 13.0 Å². The summed E-state index contributed by atoms with van der Waals surface area (Å²) in [5, 5.41) is 5.15. The molecule has 0 rings (SSSR count). The molecule has 0 spiro atoms. The van der Waals surface area contributed by atoms with Gasteiger partial charge in [0.05, 0.1) is 0 Å². The third kappa shape index (κ3) is 4.81. The Balaban J connectivity index is 4.08. The van der Waals surface area contributed by atoms with Crippen LogP contribution in [0.2, 0.25) is 0 Å². The average Bonchev–Trinajstić information content (AvgIpc) is 2.16. The van der Waals surface area contributed by atoms with Crippen molar-refractivity contribution in [3.63, 3.8) is 0 Å². The number of amides is 2. The molecule has 0 bridgehead atoms. The molecule has 1 unspecified atom stereocenters. The molecule has 0 saturated heterocycles. The lowest BCUT2D eigenvalue weighted by Crippen LogP contribution is -2.45. The Morgan fingerprint density at radius 1 is 1.43 bits per heavy atom. The summed E-state index contributed by atoms with van der Waals surface area (Å²) >= 11 is 0. The number of nitrogens with two attached hydrogens (primary N) is 1. The van der Waals surface area contributed by atoms with Crippen LogP contribution in [-0.4, -0.2) is 31.4 Å². The van der Waals surface area contributed by atoms with Gasteiger partial charge < -0.3 is 16.4 Å². The monoisotopic (exact) mass is 201 g/mol. The van der Waals surface area contributed by atoms with E-state index in [-0.39, 0.29) is 18.2 Å². The Morgan fingerprint density at radius 3 is 2.50 bits per heavy atom. The Morgan fingerprint density at radius 2 is 2.07 bits per heavy atom. The average molecular weight is 201 g/mol. The molecule has 0 aromatic heterocycles. The van der Waals surface area contributed by atoms with E-state index in [4.69, 9.17) is 5.73 Å². The molecule has 0 aromatic carbocycles. The molecular weight excluding hydrogens is 182 g/mol. The highest BCUT2D eigenvalue weighted by Crippen LogP contribution is 1.97. The van der Waals surface area contributed by atoms with Gasteiger partial charge in [-0.2, -0.15) is 0 Å². The normalized spacial score (nSPS) is 11.9. The summed E-state index contributed by atoms with van der Waals surface area (Å²) in [5.74, 6) is -0.327. The minimum Gasteiger partial charge on any atom is -0.357 e. The topological polar surface area (TPSA) is 84.2 Å². The van der Waals surface area contributed by atoms with Crippen LogP contribution in [0.3, 0.4) is 0 Å². The summed E-state index contributed by atoms with van der Waals surface area (Å²) in [6.45, 7) is 2.27. The second-order valence-corrected chi connectivity index (χ2v) is 3.06. The summed E-state index contributed by atoms with van der Waals surface area (Å²) in [6.07, 6.45) is 1.76. The maximum absolute atomic E-state index is 11.3. The van der Waals surface area contributed by atoms with Crippen molar-refractivity contribution in [3.8, 4) is 0 Å². The van der Waals surface area contributed by atoms with Crippen LogP contribution in [-0.2, 0) is 9.59 Å². The fraction of sp³-hybridized carbons (Fsp3) is 0.778. The molecule has 1 atom stereocenters. The number of carbonyl (C=O) groups is 2. The highest BCUT2D eigenvalue weighted by atomic mass is 16.2. The van der Waals surface area contributed by atoms with Crippen LogP contribution in [0.25, 0.3) is 0 Å². The lowest BCUT2D eigenvalue weighted by molar-refractivity contribution is -0.128. The van der Waals surface area contributed by atoms with Gasteiger partial charge in [-0.15, -0.1) is 0 Å². The fourth-order valence-electron chi connectivity index (χ4n) is 1.13. The number of nitrogens with one attached hydrogen (secondary N) is 2. The predicted molar refractivity (Wildman–Crippen MR) is 54.6 cm³/mol. The first-order valence-corrected chi connectivity index (χ1v) is 4.86. The minimum atomic E-state index is -0.427. The van der Waals surface area contributed by atoms with Crippen molar-refractivity contribution in [2.24, 2.45) is 5.73 Å². The van der Waals surface area contributed by atoms with Gasteiger partial charge in [-0.3, -0.25) is 9.59 Å². The first kappa shape index (κ1) is 12.9. The number of rotatable bonds is 6. The number of hydrogen-bond acceptors (Lipinski definition) is 3. The molecular formula is C9H19N3O2. The zero-order valence-corrected chi connectivity index (χ0v) is 8.80. The van der Waals surface area contributed by atoms with Crippen LogP contribution in [0.15, 0.2) is 0 Å². The van der Waals surface area contributed by atoms with Gasteiger partial charge in [-0.1, -0.05) is 13.3 Å². The van der Waals surface area contributed by atoms with Gasteiger partial charge in [-0.25, -0.2) is 0 Å². The standard InChI is InChI=1S/C9H19N3O2/c1-3-4-7(9(14)11-2)12-8(13)5-6-10/h7H,3-6,10H2,1-2H3,(H,11,14)(H,12,13). The van der Waals surface area contributed by atoms with E-state index in [1.54, 1.807) is 7.05 Å². The van der Waals surface area contributed by atoms with Gasteiger partial charge in [-0.05, 0) is 6.42 Å². The smallest absolute Gasteiger partial charge is 0.242 e. The van der Waals surface area contributed by atoms with Crippen molar-refractivity contribution in [2.75, 3.05) is 13.6 Å². The fourth-order valence-corrected chi connectivity index (χ4v) is 1.13. The second kappa shape index (κ2) is 7.32. The van der Waals surface area contributed by atoms with E-state index in [9.17, 15) is 9.59 Å². The molecule has 0 fully saturated rings. The Kier molecular flexibility index (Phi) is 6.74. The Hall–Kier alpha value is -1.10. The van der Waals surface area contributed by atoms with Crippen molar-refractivity contribution in [2.45, 2.75) is 32.2 Å². The largest absolute Gasteiger partial charge is 0.357 e. The minimum absolute atomic E-state index is 0.155. The van der Waals surface area contributed by atoms with Crippen molar-refractivity contribution < 1.29 is 9.59 Å². The summed E-state index contributed by atoms with van der Waals surface area (Å²) in [5.41, 5.74) is 5.23. The molecule has 0 aliphatic heterocycles. The summed E-state index contributed by atoms with van der Waals surface area (Å²) in [7, 11) is 1.56. The Labute approximate surface area is 84.4 Å². The number of carbonyl (C=O) groups excluding carboxylic acids is 2. The first-order valence-electron chi connectivity index (χ1n) is 4.86. The van der Waals surface area contributed by atoms with Crippen LogP contribution >= 0.6 is 0 Å². The van der Waals surface area contributed by atoms with Crippen LogP contribution in [0.5, 0.6) is 0 Å². The Bertz CT molecular complexity index is 194. The molecule has 0 heterocycles. The van der Waals surface area contributed by atoms with Crippen LogP contribution in [0, 0.1) is 0 Å². The lowest BCUT2D eigenvalue weighted by Gasteiger charge is -2.15. The maximum Gasteiger partial charge on any atom is 0.242 e. The molecule has 0 aliphatic carbocycles. The van der Waals surface area contributed by atoms with Crippen LogP contribution < -0.4 is 16.4 Å². The van der Waals surface area contributed by atoms with E-state index >= 15 is 0 Å². The molecule has 0 saturated carbocycles. The molecule has 0 aliphatic rings. The zero-order valence-electron chi connectivity index (χ0n) is 8.80. The van der Waals surface area contributed by atoms with Gasteiger partial charge in [0.25, 0.3) is 0 Å². The van der Waals surface area contributed by atoms with E-state index in [0.717, 1.165) is 6.42 Å². The summed E-state index contributed by atoms with van der Waals surface area (Å²) in [4.78, 5) is 22.5. The summed E-state index contributed by atoms with van der Waals surface area (Å²) < 4.78 is 0. The van der Waals surface area contributed by atoms with E-state index in [1.807, 2.05) is 6.92 Å². The van der Waals surface area contributed by atoms with Gasteiger partial charge in [0.15, 0.2) is 0 Å². The molecule has 0 aromatic rings. The molecule has 5 heteroatoms. The molecule has 4 N–H and O–H groups in total. The van der Waals surface area contributed by atoms with Gasteiger partial charge >= 0.3 is 0 Å². The summed E-state index contributed by atoms with van der Waals surface area (Å²) in [6, 6.07) is -0.427. The highest BCUT2D eigenvalue weighted by molar-refractivity contribution is 5.87. The van der Waals surface area contributed by atoms with Gasteiger partial charge in [0, 0.05) is 20.0 Å². The van der Waals surface area contributed by atoms with Crippen molar-refractivity contribution in [1.29, 1.82) is 0 Å². The van der Waals surface area contributed by atoms with Crippen LogP contribution in [0.1, 0.15) is 26.2 Å². The molecule has 82 valence electrons. The first-order chi connectivity index (χ1) is 6.65.